The number of aromatic amines is 1. The fraction of sp³-hybridized carbons (Fsp3) is 0.562. The fourth-order valence-electron chi connectivity index (χ4n) is 2.90. The Balaban J connectivity index is 1.71. The van der Waals surface area contributed by atoms with E-state index in [4.69, 9.17) is 9.26 Å². The van der Waals surface area contributed by atoms with Crippen molar-refractivity contribution in [3.8, 4) is 0 Å². The third-order valence-electron chi connectivity index (χ3n) is 4.23. The third-order valence-corrected chi connectivity index (χ3v) is 4.23. The molecule has 0 spiro atoms. The number of nitrogens with one attached hydrogen (secondary N) is 1. The molecular weight excluding hydrogens is 326 g/mol. The summed E-state index contributed by atoms with van der Waals surface area (Å²) in [5.74, 6) is 1.25. The van der Waals surface area contributed by atoms with Gasteiger partial charge in [0, 0.05) is 32.8 Å². The molecule has 9 heteroatoms. The van der Waals surface area contributed by atoms with Crippen molar-refractivity contribution in [3.63, 3.8) is 0 Å². The van der Waals surface area contributed by atoms with E-state index in [9.17, 15) is 9.59 Å². The summed E-state index contributed by atoms with van der Waals surface area (Å²) >= 11 is 0. The van der Waals surface area contributed by atoms with E-state index in [2.05, 4.69) is 20.1 Å². The zero-order valence-corrected chi connectivity index (χ0v) is 14.3. The van der Waals surface area contributed by atoms with Crippen LogP contribution in [-0.2, 0) is 11.2 Å². The number of nitrogens with zero attached hydrogens (tertiary/aromatic N) is 4. The van der Waals surface area contributed by atoms with E-state index in [1.54, 1.807) is 18.9 Å². The molecule has 1 N–H and O–H groups in total. The first-order valence-corrected chi connectivity index (χ1v) is 8.25. The molecule has 1 saturated heterocycles. The van der Waals surface area contributed by atoms with Gasteiger partial charge >= 0.3 is 0 Å². The Bertz CT molecular complexity index is 800. The molecule has 134 valence electrons. The Kier molecular flexibility index (Phi) is 5.22. The number of hydrogen-bond donors (Lipinski definition) is 1. The fourth-order valence-corrected chi connectivity index (χ4v) is 2.90. The van der Waals surface area contributed by atoms with Gasteiger partial charge in [-0.05, 0) is 19.8 Å². The summed E-state index contributed by atoms with van der Waals surface area (Å²) < 4.78 is 10.3. The Morgan fingerprint density at radius 1 is 1.52 bits per heavy atom. The lowest BCUT2D eigenvalue weighted by Crippen LogP contribution is -2.41. The predicted octanol–water partition coefficient (Wildman–Crippen LogP) is 0.670. The van der Waals surface area contributed by atoms with Crippen molar-refractivity contribution in [2.24, 2.45) is 0 Å². The van der Waals surface area contributed by atoms with Crippen LogP contribution in [0.15, 0.2) is 15.5 Å². The Labute approximate surface area is 144 Å². The summed E-state index contributed by atoms with van der Waals surface area (Å²) in [5.41, 5.74) is -0.364. The van der Waals surface area contributed by atoms with Gasteiger partial charge in [-0.3, -0.25) is 9.59 Å². The van der Waals surface area contributed by atoms with Gasteiger partial charge in [0.25, 0.3) is 11.5 Å². The highest BCUT2D eigenvalue weighted by molar-refractivity contribution is 5.93. The molecule has 1 atom stereocenters. The molecule has 0 radical (unpaired) electrons. The number of carbonyl (C=O) groups excluding carboxylic acids is 1. The van der Waals surface area contributed by atoms with E-state index in [-0.39, 0.29) is 17.4 Å². The average molecular weight is 347 g/mol. The van der Waals surface area contributed by atoms with Gasteiger partial charge in [-0.25, -0.2) is 4.98 Å². The van der Waals surface area contributed by atoms with Crippen molar-refractivity contribution < 1.29 is 14.1 Å². The Morgan fingerprint density at radius 3 is 3.12 bits per heavy atom. The number of piperidine rings is 1. The summed E-state index contributed by atoms with van der Waals surface area (Å²) in [7, 11) is 1.62. The molecule has 2 aromatic rings. The Hall–Kier alpha value is -2.55. The molecule has 3 rings (SSSR count). The van der Waals surface area contributed by atoms with E-state index in [1.807, 2.05) is 0 Å². The molecule has 3 heterocycles. The highest BCUT2D eigenvalue weighted by Crippen LogP contribution is 2.26. The molecular formula is C16H21N5O4. The van der Waals surface area contributed by atoms with E-state index in [1.165, 1.54) is 6.20 Å². The molecule has 0 saturated carbocycles. The summed E-state index contributed by atoms with van der Waals surface area (Å²) in [5, 5.41) is 3.95. The lowest BCUT2D eigenvalue weighted by atomic mass is 9.97. The van der Waals surface area contributed by atoms with E-state index >= 15 is 0 Å². The maximum absolute atomic E-state index is 12.6. The van der Waals surface area contributed by atoms with Gasteiger partial charge in [0.05, 0.1) is 12.5 Å². The summed E-state index contributed by atoms with van der Waals surface area (Å²) in [4.78, 5) is 37.2. The number of hydrogen-bond acceptors (Lipinski definition) is 7. The van der Waals surface area contributed by atoms with Crippen LogP contribution in [0.3, 0.4) is 0 Å². The van der Waals surface area contributed by atoms with Crippen LogP contribution in [0.5, 0.6) is 0 Å². The number of ether oxygens (including phenoxy) is 1. The van der Waals surface area contributed by atoms with Crippen molar-refractivity contribution >= 4 is 5.91 Å². The van der Waals surface area contributed by atoms with Gasteiger partial charge in [-0.15, -0.1) is 0 Å². The standard InChI is InChI=1S/C16H21N5O4/c1-10-17-8-12(14(22)18-10)16(23)21-6-3-4-11(9-21)15-19-13(20-25-15)5-7-24-2/h8,11H,3-7,9H2,1-2H3,(H,17,18,22)/t11-/m0/s1. The van der Waals surface area contributed by atoms with Crippen molar-refractivity contribution in [3.05, 3.63) is 39.7 Å². The second-order valence-corrected chi connectivity index (χ2v) is 6.09. The van der Waals surface area contributed by atoms with Crippen LogP contribution in [0.25, 0.3) is 0 Å². The largest absolute Gasteiger partial charge is 0.384 e. The first-order valence-electron chi connectivity index (χ1n) is 8.25. The van der Waals surface area contributed by atoms with Crippen LogP contribution >= 0.6 is 0 Å². The number of aromatic nitrogens is 4. The van der Waals surface area contributed by atoms with Gasteiger partial charge in [0.2, 0.25) is 5.89 Å². The zero-order chi connectivity index (χ0) is 17.8. The summed E-state index contributed by atoms with van der Waals surface area (Å²) in [6.07, 6.45) is 3.58. The van der Waals surface area contributed by atoms with Gasteiger partial charge in [-0.2, -0.15) is 4.98 Å². The first kappa shape index (κ1) is 17.3. The average Bonchev–Trinajstić information content (AvgIpc) is 3.08. The number of amides is 1. The molecule has 0 bridgehead atoms. The summed E-state index contributed by atoms with van der Waals surface area (Å²) in [6.45, 7) is 3.23. The smallest absolute Gasteiger partial charge is 0.263 e. The van der Waals surface area contributed by atoms with Crippen molar-refractivity contribution in [2.75, 3.05) is 26.8 Å². The minimum Gasteiger partial charge on any atom is -0.384 e. The molecule has 1 amide bonds. The Morgan fingerprint density at radius 2 is 2.36 bits per heavy atom. The normalized spacial score (nSPS) is 17.7. The number of aryl methyl sites for hydroxylation is 1. The summed E-state index contributed by atoms with van der Waals surface area (Å²) in [6, 6.07) is 0. The SMILES string of the molecule is COCCc1noc([C@H]2CCCN(C(=O)c3cnc(C)[nH]c3=O)C2)n1. The number of methoxy groups -OCH3 is 1. The van der Waals surface area contributed by atoms with Gasteiger partial charge in [0.15, 0.2) is 5.82 Å². The highest BCUT2D eigenvalue weighted by Gasteiger charge is 2.30. The second-order valence-electron chi connectivity index (χ2n) is 6.09. The van der Waals surface area contributed by atoms with E-state index in [0.717, 1.165) is 12.8 Å². The van der Waals surface area contributed by atoms with Crippen LogP contribution in [0, 0.1) is 6.92 Å². The quantitative estimate of drug-likeness (QED) is 0.845. The van der Waals surface area contributed by atoms with Crippen LogP contribution in [0.2, 0.25) is 0 Å². The maximum Gasteiger partial charge on any atom is 0.263 e. The molecule has 0 unspecified atom stereocenters. The number of carbonyl (C=O) groups is 1. The zero-order valence-electron chi connectivity index (χ0n) is 14.3. The van der Waals surface area contributed by atoms with Crippen LogP contribution in [-0.4, -0.2) is 57.7 Å². The lowest BCUT2D eigenvalue weighted by molar-refractivity contribution is 0.0693. The second kappa shape index (κ2) is 7.56. The lowest BCUT2D eigenvalue weighted by Gasteiger charge is -2.30. The van der Waals surface area contributed by atoms with E-state index in [0.29, 0.717) is 43.7 Å². The van der Waals surface area contributed by atoms with E-state index < -0.39 is 5.56 Å². The van der Waals surface area contributed by atoms with Gasteiger partial charge < -0.3 is 19.1 Å². The maximum atomic E-state index is 12.6. The molecule has 0 aliphatic carbocycles. The molecule has 9 nitrogen and oxygen atoms in total. The highest BCUT2D eigenvalue weighted by atomic mass is 16.5. The van der Waals surface area contributed by atoms with Crippen molar-refractivity contribution in [2.45, 2.75) is 32.1 Å². The number of likely N-dealkylation sites (tertiary alicyclic amines) is 1. The molecule has 1 aliphatic heterocycles. The minimum atomic E-state index is -0.417. The predicted molar refractivity (Wildman–Crippen MR) is 87.4 cm³/mol. The minimum absolute atomic E-state index is 0.0287. The monoisotopic (exact) mass is 347 g/mol. The van der Waals surface area contributed by atoms with Crippen molar-refractivity contribution in [1.29, 1.82) is 0 Å². The molecule has 2 aromatic heterocycles. The third kappa shape index (κ3) is 3.93. The molecule has 25 heavy (non-hydrogen) atoms. The van der Waals surface area contributed by atoms with Crippen LogP contribution in [0.1, 0.15) is 46.7 Å². The first-order chi connectivity index (χ1) is 12.1. The number of H-pyrrole nitrogens is 1. The molecule has 1 fully saturated rings. The van der Waals surface area contributed by atoms with Crippen molar-refractivity contribution in [1.82, 2.24) is 25.0 Å². The van der Waals surface area contributed by atoms with Crippen LogP contribution < -0.4 is 5.56 Å². The van der Waals surface area contributed by atoms with Gasteiger partial charge in [-0.1, -0.05) is 5.16 Å². The molecule has 1 aliphatic rings. The topological polar surface area (TPSA) is 114 Å². The van der Waals surface area contributed by atoms with Gasteiger partial charge in [0.1, 0.15) is 11.4 Å². The molecule has 0 aromatic carbocycles. The van der Waals surface area contributed by atoms with Crippen LogP contribution in [0.4, 0.5) is 0 Å². The number of rotatable bonds is 5.